The number of benzene rings is 2. The number of carbonyl (C=O) groups excluding carboxylic acids is 1. The van der Waals surface area contributed by atoms with Crippen LogP contribution in [0.1, 0.15) is 15.2 Å². The summed E-state index contributed by atoms with van der Waals surface area (Å²) in [7, 11) is -3.68. The molecule has 1 amide bonds. The van der Waals surface area contributed by atoms with Crippen molar-refractivity contribution in [2.45, 2.75) is 16.1 Å². The maximum Gasteiger partial charge on any atom is 0.251 e. The van der Waals surface area contributed by atoms with Gasteiger partial charge in [-0.1, -0.05) is 48.0 Å². The molecule has 0 aliphatic carbocycles. The zero-order valence-corrected chi connectivity index (χ0v) is 24.1. The van der Waals surface area contributed by atoms with E-state index in [-0.39, 0.29) is 16.7 Å². The summed E-state index contributed by atoms with van der Waals surface area (Å²) in [5, 5.41) is 3.36. The lowest BCUT2D eigenvalue weighted by Crippen LogP contribution is -2.52. The fraction of sp³-hybridized carbons (Fsp3) is 0.222. The van der Waals surface area contributed by atoms with Crippen molar-refractivity contribution in [1.29, 1.82) is 0 Å². The Labute approximate surface area is 240 Å². The van der Waals surface area contributed by atoms with Crippen LogP contribution in [-0.2, 0) is 16.4 Å². The van der Waals surface area contributed by atoms with Crippen LogP contribution in [0, 0.1) is 0 Å². The number of piperazine rings is 1. The molecule has 1 aliphatic rings. The molecule has 1 unspecified atom stereocenters. The molecule has 1 atom stereocenters. The first-order chi connectivity index (χ1) is 18.8. The molecular weight excluding hydrogens is 574 g/mol. The van der Waals surface area contributed by atoms with Gasteiger partial charge in [0.05, 0.1) is 6.54 Å². The molecule has 2 aromatic carbocycles. The van der Waals surface area contributed by atoms with Crippen LogP contribution in [0.3, 0.4) is 0 Å². The molecule has 4 aromatic rings. The van der Waals surface area contributed by atoms with Gasteiger partial charge in [-0.25, -0.2) is 8.42 Å². The van der Waals surface area contributed by atoms with Gasteiger partial charge in [-0.2, -0.15) is 9.36 Å². The molecule has 1 N–H and O–H groups in total. The van der Waals surface area contributed by atoms with Gasteiger partial charge in [-0.15, -0.1) is 17.9 Å². The molecule has 0 radical (unpaired) electrons. The molecule has 0 saturated carbocycles. The first kappa shape index (κ1) is 27.5. The normalized spacial score (nSPS) is 15.2. The van der Waals surface area contributed by atoms with Crippen LogP contribution in [0.25, 0.3) is 11.4 Å². The largest absolute Gasteiger partial charge is 0.347 e. The van der Waals surface area contributed by atoms with Gasteiger partial charge in [-0.05, 0) is 36.4 Å². The summed E-state index contributed by atoms with van der Waals surface area (Å²) in [6, 6.07) is 19.7. The molecule has 202 valence electrons. The summed E-state index contributed by atoms with van der Waals surface area (Å²) >= 11 is 8.39. The Kier molecular flexibility index (Phi) is 8.43. The summed E-state index contributed by atoms with van der Waals surface area (Å²) in [6.07, 6.45) is 1.49. The van der Waals surface area contributed by atoms with Crippen molar-refractivity contribution in [1.82, 2.24) is 19.6 Å². The Morgan fingerprint density at radius 2 is 1.77 bits per heavy atom. The molecular formula is C27H26ClN5O3S3. The van der Waals surface area contributed by atoms with Gasteiger partial charge in [0.1, 0.15) is 9.58 Å². The van der Waals surface area contributed by atoms with Crippen molar-refractivity contribution in [3.05, 3.63) is 94.8 Å². The van der Waals surface area contributed by atoms with E-state index in [1.807, 2.05) is 35.2 Å². The third-order valence-corrected chi connectivity index (χ3v) is 11.0. The van der Waals surface area contributed by atoms with Crippen LogP contribution in [0.15, 0.2) is 83.6 Å². The number of sulfone groups is 1. The Morgan fingerprint density at radius 1 is 1.05 bits per heavy atom. The van der Waals surface area contributed by atoms with Crippen LogP contribution < -0.4 is 10.2 Å². The summed E-state index contributed by atoms with van der Waals surface area (Å²) < 4.78 is 31.8. The molecule has 8 nitrogen and oxygen atoms in total. The number of hydrogen-bond acceptors (Lipinski definition) is 9. The van der Waals surface area contributed by atoms with Gasteiger partial charge in [0.2, 0.25) is 15.0 Å². The lowest BCUT2D eigenvalue weighted by molar-refractivity contribution is 0.0951. The minimum absolute atomic E-state index is 0.228. The molecule has 39 heavy (non-hydrogen) atoms. The first-order valence-corrected chi connectivity index (χ1v) is 15.7. The van der Waals surface area contributed by atoms with Crippen LogP contribution in [0.5, 0.6) is 0 Å². The predicted molar refractivity (Wildman–Crippen MR) is 157 cm³/mol. The second-order valence-electron chi connectivity index (χ2n) is 8.87. The van der Waals surface area contributed by atoms with Gasteiger partial charge in [0.25, 0.3) is 5.91 Å². The number of thiophene rings is 1. The van der Waals surface area contributed by atoms with Crippen molar-refractivity contribution >= 4 is 55.3 Å². The second kappa shape index (κ2) is 12.0. The third kappa shape index (κ3) is 6.23. The number of amides is 1. The van der Waals surface area contributed by atoms with Crippen LogP contribution in [0.2, 0.25) is 5.02 Å². The average molecular weight is 600 g/mol. The molecule has 5 rings (SSSR count). The van der Waals surface area contributed by atoms with Crippen LogP contribution in [0.4, 0.5) is 5.13 Å². The monoisotopic (exact) mass is 599 g/mol. The average Bonchev–Trinajstić information content (AvgIpc) is 3.64. The molecule has 12 heteroatoms. The SMILES string of the molecule is C=CC(N1CCN(c2nc(-c3ccccc3)ns2)CC1)S(=O)(=O)c1ccc(CNC(=O)c2ccc(Cl)cc2)s1. The van der Waals surface area contributed by atoms with Crippen molar-refractivity contribution in [3.8, 4) is 11.4 Å². The summed E-state index contributed by atoms with van der Waals surface area (Å²) in [5.74, 6) is 0.445. The molecule has 3 heterocycles. The zero-order valence-electron chi connectivity index (χ0n) is 20.9. The van der Waals surface area contributed by atoms with Crippen molar-refractivity contribution in [2.24, 2.45) is 0 Å². The van der Waals surface area contributed by atoms with E-state index in [0.29, 0.717) is 42.6 Å². The van der Waals surface area contributed by atoms with E-state index in [1.165, 1.54) is 17.6 Å². The number of carbonyl (C=O) groups is 1. The number of rotatable bonds is 9. The van der Waals surface area contributed by atoms with E-state index >= 15 is 0 Å². The molecule has 1 saturated heterocycles. The Hall–Kier alpha value is -3.09. The number of nitrogens with one attached hydrogen (secondary N) is 1. The number of aromatic nitrogens is 2. The molecule has 2 aromatic heterocycles. The smallest absolute Gasteiger partial charge is 0.251 e. The number of anilines is 1. The molecule has 0 bridgehead atoms. The topological polar surface area (TPSA) is 95.5 Å². The summed E-state index contributed by atoms with van der Waals surface area (Å²) in [6.45, 7) is 6.42. The van der Waals surface area contributed by atoms with Crippen molar-refractivity contribution in [3.63, 3.8) is 0 Å². The van der Waals surface area contributed by atoms with Crippen molar-refractivity contribution in [2.75, 3.05) is 31.1 Å². The minimum Gasteiger partial charge on any atom is -0.347 e. The van der Waals surface area contributed by atoms with E-state index in [1.54, 1.807) is 36.4 Å². The zero-order chi connectivity index (χ0) is 27.4. The molecule has 1 fully saturated rings. The fourth-order valence-corrected chi connectivity index (χ4v) is 8.26. The number of halogens is 1. The highest BCUT2D eigenvalue weighted by atomic mass is 35.5. The Morgan fingerprint density at radius 3 is 2.46 bits per heavy atom. The van der Waals surface area contributed by atoms with Gasteiger partial charge >= 0.3 is 0 Å². The lowest BCUT2D eigenvalue weighted by atomic mass is 10.2. The highest BCUT2D eigenvalue weighted by molar-refractivity contribution is 7.94. The van der Waals surface area contributed by atoms with E-state index < -0.39 is 15.2 Å². The standard InChI is InChI=1S/C27H26ClN5O3S3/c1-2-23(32-14-16-33(17-15-32)27-30-25(31-38-27)19-6-4-3-5-7-19)39(35,36)24-13-12-22(37-24)18-29-26(34)20-8-10-21(28)11-9-20/h2-13,23H,1,14-18H2,(H,29,34). The first-order valence-electron chi connectivity index (χ1n) is 12.2. The lowest BCUT2D eigenvalue weighted by Gasteiger charge is -2.37. The maximum absolute atomic E-state index is 13.5. The maximum atomic E-state index is 13.5. The van der Waals surface area contributed by atoms with Crippen molar-refractivity contribution < 1.29 is 13.2 Å². The van der Waals surface area contributed by atoms with Crippen LogP contribution in [-0.4, -0.2) is 60.1 Å². The van der Waals surface area contributed by atoms with E-state index in [9.17, 15) is 13.2 Å². The number of hydrogen-bond donors (Lipinski definition) is 1. The second-order valence-corrected chi connectivity index (χ2v) is 13.5. The summed E-state index contributed by atoms with van der Waals surface area (Å²) in [5.41, 5.74) is 1.45. The third-order valence-electron chi connectivity index (χ3n) is 6.36. The van der Waals surface area contributed by atoms with Gasteiger partial charge < -0.3 is 10.2 Å². The van der Waals surface area contributed by atoms with Gasteiger partial charge in [-0.3, -0.25) is 9.69 Å². The number of nitrogens with zero attached hydrogens (tertiary/aromatic N) is 4. The quantitative estimate of drug-likeness (QED) is 0.272. The summed E-state index contributed by atoms with van der Waals surface area (Å²) in [4.78, 5) is 21.9. The fourth-order valence-electron chi connectivity index (χ4n) is 4.28. The van der Waals surface area contributed by atoms with Gasteiger partial charge in [0, 0.05) is 58.7 Å². The van der Waals surface area contributed by atoms with E-state index in [4.69, 9.17) is 11.6 Å². The van der Waals surface area contributed by atoms with Gasteiger partial charge in [0.15, 0.2) is 5.82 Å². The molecule has 1 aliphatic heterocycles. The Bertz CT molecular complexity index is 1550. The Balaban J connectivity index is 1.20. The highest BCUT2D eigenvalue weighted by Crippen LogP contribution is 2.29. The highest BCUT2D eigenvalue weighted by Gasteiger charge is 2.34. The van der Waals surface area contributed by atoms with E-state index in [0.717, 1.165) is 26.9 Å². The predicted octanol–water partition coefficient (Wildman–Crippen LogP) is 4.96. The minimum atomic E-state index is -3.68. The van der Waals surface area contributed by atoms with Crippen LogP contribution >= 0.6 is 34.5 Å². The van der Waals surface area contributed by atoms with E-state index in [2.05, 4.69) is 26.2 Å². The molecule has 0 spiro atoms.